The van der Waals surface area contributed by atoms with Gasteiger partial charge >= 0.3 is 0 Å². The van der Waals surface area contributed by atoms with E-state index < -0.39 is 8.80 Å². The molecule has 1 fully saturated rings. The Hall–Kier alpha value is 0.0969. The van der Waals surface area contributed by atoms with Crippen LogP contribution in [0.25, 0.3) is 0 Å². The molecule has 2 atom stereocenters. The molecular weight excluding hydrogens is 230 g/mol. The highest BCUT2D eigenvalue weighted by Gasteiger charge is 2.43. The summed E-state index contributed by atoms with van der Waals surface area (Å²) in [6.45, 7) is 8.04. The molecule has 0 amide bonds. The Bertz CT molecular complexity index is 200. The lowest BCUT2D eigenvalue weighted by molar-refractivity contribution is -0.222. The van der Waals surface area contributed by atoms with Crippen molar-refractivity contribution in [3.8, 4) is 0 Å². The molecule has 0 radical (unpaired) electrons. The lowest BCUT2D eigenvalue weighted by Gasteiger charge is -2.42. The Morgan fingerprint density at radius 1 is 1.24 bits per heavy atom. The van der Waals surface area contributed by atoms with Crippen molar-refractivity contribution < 1.29 is 9.57 Å². The average molecular weight is 259 g/mol. The first-order valence-corrected chi connectivity index (χ1v) is 9.54. The van der Waals surface area contributed by atoms with Gasteiger partial charge in [-0.3, -0.25) is 4.84 Å². The standard InChI is InChI=1S/C13H29NO2Si/c1-4-7-11-17-12-9-8-10-13(17,15-6-3)16-14-5-2/h14,17H,4-12H2,1-3H3. The molecule has 1 aliphatic rings. The average Bonchev–Trinajstić information content (AvgIpc) is 2.36. The Kier molecular flexibility index (Phi) is 7.35. The van der Waals surface area contributed by atoms with E-state index in [1.807, 2.05) is 0 Å². The summed E-state index contributed by atoms with van der Waals surface area (Å²) >= 11 is 0. The molecular formula is C13H29NO2Si. The number of rotatable bonds is 8. The number of hydroxylamine groups is 1. The monoisotopic (exact) mass is 259 g/mol. The predicted octanol–water partition coefficient (Wildman–Crippen LogP) is 3.01. The van der Waals surface area contributed by atoms with Gasteiger partial charge in [-0.15, -0.1) is 0 Å². The van der Waals surface area contributed by atoms with Crippen molar-refractivity contribution in [2.24, 2.45) is 0 Å². The summed E-state index contributed by atoms with van der Waals surface area (Å²) < 4.78 is 6.06. The zero-order valence-corrected chi connectivity index (χ0v) is 12.9. The minimum Gasteiger partial charge on any atom is -0.353 e. The lowest BCUT2D eigenvalue weighted by Crippen LogP contribution is -2.55. The van der Waals surface area contributed by atoms with E-state index in [0.29, 0.717) is 0 Å². The van der Waals surface area contributed by atoms with Gasteiger partial charge in [-0.1, -0.05) is 45.2 Å². The van der Waals surface area contributed by atoms with Crippen molar-refractivity contribution in [1.82, 2.24) is 5.48 Å². The van der Waals surface area contributed by atoms with Crippen LogP contribution in [0.5, 0.6) is 0 Å². The van der Waals surface area contributed by atoms with Crippen molar-refractivity contribution in [1.29, 1.82) is 0 Å². The van der Waals surface area contributed by atoms with Crippen molar-refractivity contribution in [3.63, 3.8) is 0 Å². The normalized spacial score (nSPS) is 29.5. The lowest BCUT2D eigenvalue weighted by atomic mass is 10.2. The van der Waals surface area contributed by atoms with Crippen LogP contribution in [0.4, 0.5) is 0 Å². The van der Waals surface area contributed by atoms with Crippen LogP contribution in [-0.2, 0) is 9.57 Å². The van der Waals surface area contributed by atoms with E-state index in [4.69, 9.17) is 9.57 Å². The zero-order chi connectivity index (χ0) is 12.6. The molecule has 1 heterocycles. The number of hydrogen-bond donors (Lipinski definition) is 1. The molecule has 0 aliphatic carbocycles. The molecule has 2 unspecified atom stereocenters. The van der Waals surface area contributed by atoms with Gasteiger partial charge in [0.25, 0.3) is 0 Å². The van der Waals surface area contributed by atoms with Gasteiger partial charge < -0.3 is 4.74 Å². The molecule has 1 saturated heterocycles. The van der Waals surface area contributed by atoms with Crippen LogP contribution < -0.4 is 5.48 Å². The van der Waals surface area contributed by atoms with Crippen molar-refractivity contribution in [3.05, 3.63) is 0 Å². The Morgan fingerprint density at radius 3 is 2.71 bits per heavy atom. The van der Waals surface area contributed by atoms with Gasteiger partial charge in [0.2, 0.25) is 0 Å². The van der Waals surface area contributed by atoms with Crippen LogP contribution in [0, 0.1) is 0 Å². The van der Waals surface area contributed by atoms with Crippen molar-refractivity contribution in [2.75, 3.05) is 13.2 Å². The molecule has 0 saturated carbocycles. The molecule has 1 aliphatic heterocycles. The first-order chi connectivity index (χ1) is 8.29. The second-order valence-corrected chi connectivity index (χ2v) is 8.36. The maximum Gasteiger partial charge on any atom is 0.167 e. The van der Waals surface area contributed by atoms with Gasteiger partial charge in [0.15, 0.2) is 5.41 Å². The van der Waals surface area contributed by atoms with Gasteiger partial charge in [0.05, 0.1) is 0 Å². The van der Waals surface area contributed by atoms with E-state index >= 15 is 0 Å². The molecule has 102 valence electrons. The third-order valence-electron chi connectivity index (χ3n) is 3.63. The van der Waals surface area contributed by atoms with E-state index in [1.165, 1.54) is 37.8 Å². The fraction of sp³-hybridized carbons (Fsp3) is 1.00. The number of unbranched alkanes of at least 4 members (excludes halogenated alkanes) is 1. The first-order valence-electron chi connectivity index (χ1n) is 7.33. The summed E-state index contributed by atoms with van der Waals surface area (Å²) in [4.78, 5) is 5.96. The van der Waals surface area contributed by atoms with E-state index in [9.17, 15) is 0 Å². The van der Waals surface area contributed by atoms with Crippen LogP contribution in [0.3, 0.4) is 0 Å². The Balaban J connectivity index is 2.64. The minimum absolute atomic E-state index is 0.224. The van der Waals surface area contributed by atoms with E-state index in [0.717, 1.165) is 19.6 Å². The molecule has 0 aromatic rings. The Labute approximate surface area is 108 Å². The predicted molar refractivity (Wildman–Crippen MR) is 74.6 cm³/mol. The molecule has 3 nitrogen and oxygen atoms in total. The molecule has 17 heavy (non-hydrogen) atoms. The third-order valence-corrected chi connectivity index (χ3v) is 7.66. The molecule has 1 rings (SSSR count). The highest BCUT2D eigenvalue weighted by molar-refractivity contribution is 6.61. The topological polar surface area (TPSA) is 30.5 Å². The summed E-state index contributed by atoms with van der Waals surface area (Å²) in [6, 6.07) is 2.74. The third kappa shape index (κ3) is 4.36. The maximum atomic E-state index is 6.06. The fourth-order valence-electron chi connectivity index (χ4n) is 2.79. The smallest absolute Gasteiger partial charge is 0.167 e. The summed E-state index contributed by atoms with van der Waals surface area (Å²) in [5.74, 6) is 0. The highest BCUT2D eigenvalue weighted by atomic mass is 28.3. The van der Waals surface area contributed by atoms with Crippen molar-refractivity contribution in [2.45, 2.75) is 70.4 Å². The van der Waals surface area contributed by atoms with Gasteiger partial charge in [-0.05, 0) is 19.8 Å². The highest BCUT2D eigenvalue weighted by Crippen LogP contribution is 2.34. The Morgan fingerprint density at radius 2 is 2.06 bits per heavy atom. The van der Waals surface area contributed by atoms with Gasteiger partial charge in [0, 0.05) is 13.2 Å². The van der Waals surface area contributed by atoms with E-state index in [2.05, 4.69) is 26.3 Å². The van der Waals surface area contributed by atoms with Crippen LogP contribution in [0.15, 0.2) is 0 Å². The molecule has 1 N–H and O–H groups in total. The van der Waals surface area contributed by atoms with Crippen LogP contribution >= 0.6 is 0 Å². The van der Waals surface area contributed by atoms with Gasteiger partial charge in [-0.2, -0.15) is 5.48 Å². The summed E-state index contributed by atoms with van der Waals surface area (Å²) in [5.41, 5.74) is 2.84. The number of nitrogens with one attached hydrogen (secondary N) is 1. The first kappa shape index (κ1) is 15.2. The van der Waals surface area contributed by atoms with Crippen LogP contribution in [-0.4, -0.2) is 27.4 Å². The molecule has 0 spiro atoms. The fourth-order valence-corrected chi connectivity index (χ4v) is 6.91. The van der Waals surface area contributed by atoms with Crippen LogP contribution in [0.1, 0.15) is 52.9 Å². The zero-order valence-electron chi connectivity index (χ0n) is 11.8. The quantitative estimate of drug-likeness (QED) is 0.413. The van der Waals surface area contributed by atoms with Crippen LogP contribution in [0.2, 0.25) is 12.1 Å². The van der Waals surface area contributed by atoms with Crippen molar-refractivity contribution >= 4 is 8.80 Å². The number of hydrogen-bond acceptors (Lipinski definition) is 3. The second kappa shape index (κ2) is 8.24. The summed E-state index contributed by atoms with van der Waals surface area (Å²) in [5, 5.41) is 0. The molecule has 0 aromatic heterocycles. The van der Waals surface area contributed by atoms with Gasteiger partial charge in [0.1, 0.15) is 8.80 Å². The SMILES string of the molecule is CCCC[SiH]1CCCCC1(OCC)ONCC. The largest absolute Gasteiger partial charge is 0.353 e. The minimum atomic E-state index is -0.951. The molecule has 0 aromatic carbocycles. The molecule has 4 heteroatoms. The summed E-state index contributed by atoms with van der Waals surface area (Å²) in [6.07, 6.45) is 6.34. The molecule has 0 bridgehead atoms. The second-order valence-electron chi connectivity index (χ2n) is 4.93. The van der Waals surface area contributed by atoms with E-state index in [-0.39, 0.29) is 5.41 Å². The van der Waals surface area contributed by atoms with E-state index in [1.54, 1.807) is 0 Å². The van der Waals surface area contributed by atoms with Gasteiger partial charge in [-0.25, -0.2) is 0 Å². The number of ether oxygens (including phenoxy) is 1. The maximum absolute atomic E-state index is 6.06. The summed E-state index contributed by atoms with van der Waals surface area (Å²) in [7, 11) is -0.951.